The molecule has 1 atom stereocenters. The number of para-hydroxylation sites is 2. The number of nitrogens with two attached hydrogens (primary N) is 1. The summed E-state index contributed by atoms with van der Waals surface area (Å²) < 4.78 is 0. The van der Waals surface area contributed by atoms with Gasteiger partial charge in [-0.15, -0.1) is 0 Å². The minimum atomic E-state index is -1.48. The number of aromatic amines is 1. The van der Waals surface area contributed by atoms with Crippen LogP contribution in [-0.2, 0) is 15.2 Å². The number of piperidine rings is 1. The lowest BCUT2D eigenvalue weighted by molar-refractivity contribution is -0.151. The van der Waals surface area contributed by atoms with E-state index in [2.05, 4.69) is 23.0 Å². The Balaban J connectivity index is 1.83. The van der Waals surface area contributed by atoms with Crippen LogP contribution in [0.15, 0.2) is 54.6 Å². The van der Waals surface area contributed by atoms with Crippen molar-refractivity contribution in [2.75, 3.05) is 43.8 Å². The van der Waals surface area contributed by atoms with Crippen LogP contribution in [0.4, 0.5) is 5.95 Å². The quantitative estimate of drug-likeness (QED) is 0.209. The van der Waals surface area contributed by atoms with Crippen LogP contribution in [0, 0.1) is 0 Å². The zero-order chi connectivity index (χ0) is 27.0. The number of likely N-dealkylation sites (tertiary alicyclic amines) is 1. The molecule has 0 unspecified atom stereocenters. The SMILES string of the molecule is CSCC[C@@](C(=O)O)(c1cccc(C=CCCCN)c1)N(OC1CCN(C)CC1)c1nc2ccccc2[nH]1. The van der Waals surface area contributed by atoms with Gasteiger partial charge in [0.05, 0.1) is 17.1 Å². The van der Waals surface area contributed by atoms with Crippen molar-refractivity contribution in [2.24, 2.45) is 5.73 Å². The second-order valence-electron chi connectivity index (χ2n) is 9.85. The van der Waals surface area contributed by atoms with Gasteiger partial charge in [0, 0.05) is 13.1 Å². The number of imidazole rings is 1. The fraction of sp³-hybridized carbons (Fsp3) is 0.448. The molecular formula is C29H39N5O3S. The van der Waals surface area contributed by atoms with E-state index in [4.69, 9.17) is 15.6 Å². The minimum absolute atomic E-state index is 0.119. The molecule has 1 aromatic heterocycles. The van der Waals surface area contributed by atoms with Gasteiger partial charge in [-0.25, -0.2) is 9.78 Å². The first kappa shape index (κ1) is 28.2. The van der Waals surface area contributed by atoms with Crippen molar-refractivity contribution in [3.8, 4) is 0 Å². The first-order valence-corrected chi connectivity index (χ1v) is 14.7. The predicted octanol–water partition coefficient (Wildman–Crippen LogP) is 4.88. The highest BCUT2D eigenvalue weighted by Crippen LogP contribution is 2.39. The molecule has 204 valence electrons. The number of hydrogen-bond donors (Lipinski definition) is 3. The maximum Gasteiger partial charge on any atom is 0.336 e. The molecule has 0 bridgehead atoms. The van der Waals surface area contributed by atoms with E-state index >= 15 is 0 Å². The average molecular weight is 538 g/mol. The van der Waals surface area contributed by atoms with E-state index in [9.17, 15) is 9.90 Å². The molecule has 8 nitrogen and oxygen atoms in total. The van der Waals surface area contributed by atoms with Gasteiger partial charge in [0.2, 0.25) is 5.95 Å². The fourth-order valence-corrected chi connectivity index (χ4v) is 5.38. The van der Waals surface area contributed by atoms with Crippen LogP contribution in [0.1, 0.15) is 43.2 Å². The highest BCUT2D eigenvalue weighted by atomic mass is 32.2. The lowest BCUT2D eigenvalue weighted by Gasteiger charge is -2.42. The van der Waals surface area contributed by atoms with Crippen molar-refractivity contribution in [1.29, 1.82) is 0 Å². The first-order valence-electron chi connectivity index (χ1n) is 13.3. The molecule has 0 radical (unpaired) electrons. The summed E-state index contributed by atoms with van der Waals surface area (Å²) >= 11 is 1.62. The Morgan fingerprint density at radius 3 is 2.79 bits per heavy atom. The Morgan fingerprint density at radius 1 is 1.29 bits per heavy atom. The number of anilines is 1. The van der Waals surface area contributed by atoms with Crippen molar-refractivity contribution in [2.45, 2.75) is 43.7 Å². The molecule has 1 aliphatic rings. The summed E-state index contributed by atoms with van der Waals surface area (Å²) in [5.74, 6) is 0.0674. The van der Waals surface area contributed by atoms with Gasteiger partial charge in [0.1, 0.15) is 0 Å². The van der Waals surface area contributed by atoms with Crippen LogP contribution in [-0.4, -0.2) is 70.7 Å². The van der Waals surface area contributed by atoms with Crippen molar-refractivity contribution >= 4 is 40.8 Å². The molecule has 0 saturated carbocycles. The molecule has 0 amide bonds. The summed E-state index contributed by atoms with van der Waals surface area (Å²) in [6.45, 7) is 2.43. The number of hydrogen-bond acceptors (Lipinski definition) is 7. The fourth-order valence-electron chi connectivity index (χ4n) is 4.88. The largest absolute Gasteiger partial charge is 0.479 e. The van der Waals surface area contributed by atoms with Gasteiger partial charge in [0.25, 0.3) is 0 Å². The van der Waals surface area contributed by atoms with Crippen LogP contribution in [0.5, 0.6) is 0 Å². The molecule has 4 rings (SSSR count). The van der Waals surface area contributed by atoms with Gasteiger partial charge < -0.3 is 20.7 Å². The van der Waals surface area contributed by atoms with Gasteiger partial charge in [-0.3, -0.25) is 4.84 Å². The highest BCUT2D eigenvalue weighted by Gasteiger charge is 2.49. The summed E-state index contributed by atoms with van der Waals surface area (Å²) in [6, 6.07) is 15.5. The van der Waals surface area contributed by atoms with E-state index in [1.165, 1.54) is 0 Å². The predicted molar refractivity (Wildman–Crippen MR) is 156 cm³/mol. The summed E-state index contributed by atoms with van der Waals surface area (Å²) in [4.78, 5) is 30.5. The van der Waals surface area contributed by atoms with Crippen LogP contribution in [0.25, 0.3) is 17.1 Å². The molecule has 1 aliphatic heterocycles. The molecule has 4 N–H and O–H groups in total. The Labute approximate surface area is 229 Å². The molecule has 3 aromatic rings. The standard InChI is InChI=1S/C29H39N5O3S/c1-33-18-14-24(15-19-33)37-34(28-31-25-12-5-6-13-26(25)32-28)29(27(35)36,16-20-38-2)23-11-8-10-22(21-23)9-4-3-7-17-30/h4-6,8-13,21,24H,3,7,14-20,30H2,1-2H3,(H,31,32)(H,35,36)/t29-/m0/s1. The van der Waals surface area contributed by atoms with Crippen molar-refractivity contribution in [3.63, 3.8) is 0 Å². The summed E-state index contributed by atoms with van der Waals surface area (Å²) in [6.07, 6.45) is 9.75. The Hall–Kier alpha value is -2.85. The maximum atomic E-state index is 13.4. The molecule has 1 saturated heterocycles. The number of hydroxylamine groups is 1. The van der Waals surface area contributed by atoms with E-state index < -0.39 is 11.5 Å². The topological polar surface area (TPSA) is 108 Å². The summed E-state index contributed by atoms with van der Waals surface area (Å²) in [5, 5.41) is 12.6. The normalized spacial score (nSPS) is 16.7. The number of carboxylic acid groups (broad SMARTS) is 1. The number of carbonyl (C=O) groups is 1. The third-order valence-corrected chi connectivity index (χ3v) is 7.72. The molecule has 0 spiro atoms. The molecular weight excluding hydrogens is 498 g/mol. The van der Waals surface area contributed by atoms with E-state index in [-0.39, 0.29) is 6.10 Å². The third kappa shape index (κ3) is 6.40. The lowest BCUT2D eigenvalue weighted by atomic mass is 9.85. The number of carboxylic acids is 1. The number of aromatic nitrogens is 2. The smallest absolute Gasteiger partial charge is 0.336 e. The number of aliphatic carboxylic acids is 1. The van der Waals surface area contributed by atoms with Gasteiger partial charge in [-0.2, -0.15) is 16.8 Å². The highest BCUT2D eigenvalue weighted by molar-refractivity contribution is 7.98. The number of H-pyrrole nitrogens is 1. The molecule has 0 aliphatic carbocycles. The number of nitrogens with zero attached hydrogens (tertiary/aromatic N) is 3. The lowest BCUT2D eigenvalue weighted by Crippen LogP contribution is -2.55. The summed E-state index contributed by atoms with van der Waals surface area (Å²) in [5.41, 5.74) is 7.35. The number of nitrogens with one attached hydrogen (secondary N) is 1. The number of fused-ring (bicyclic) bond motifs is 1. The van der Waals surface area contributed by atoms with Crippen LogP contribution < -0.4 is 10.8 Å². The zero-order valence-electron chi connectivity index (χ0n) is 22.3. The van der Waals surface area contributed by atoms with Crippen molar-refractivity contribution in [1.82, 2.24) is 14.9 Å². The second-order valence-corrected chi connectivity index (χ2v) is 10.8. The Morgan fingerprint density at radius 2 is 2.08 bits per heavy atom. The number of unbranched alkanes of at least 4 members (excludes halogenated alkanes) is 1. The molecule has 38 heavy (non-hydrogen) atoms. The van der Waals surface area contributed by atoms with Gasteiger partial charge in [-0.1, -0.05) is 42.5 Å². The summed E-state index contributed by atoms with van der Waals surface area (Å²) in [7, 11) is 2.10. The van der Waals surface area contributed by atoms with E-state index in [1.807, 2.05) is 60.9 Å². The van der Waals surface area contributed by atoms with E-state index in [1.54, 1.807) is 16.8 Å². The van der Waals surface area contributed by atoms with Crippen molar-refractivity contribution < 1.29 is 14.7 Å². The molecule has 9 heteroatoms. The Kier molecular flexibility index (Phi) is 9.85. The van der Waals surface area contributed by atoms with Gasteiger partial charge >= 0.3 is 5.97 Å². The van der Waals surface area contributed by atoms with Gasteiger partial charge in [-0.05, 0) is 87.0 Å². The monoisotopic (exact) mass is 537 g/mol. The molecule has 2 aromatic carbocycles. The molecule has 2 heterocycles. The number of thioether (sulfide) groups is 1. The van der Waals surface area contributed by atoms with Crippen LogP contribution in [0.2, 0.25) is 0 Å². The Bertz CT molecular complexity index is 1190. The van der Waals surface area contributed by atoms with Crippen LogP contribution in [0.3, 0.4) is 0 Å². The van der Waals surface area contributed by atoms with Crippen molar-refractivity contribution in [3.05, 3.63) is 65.7 Å². The number of benzene rings is 2. The number of allylic oxidation sites excluding steroid dienone is 1. The minimum Gasteiger partial charge on any atom is -0.479 e. The van der Waals surface area contributed by atoms with E-state index in [0.717, 1.165) is 55.4 Å². The maximum absolute atomic E-state index is 13.4. The van der Waals surface area contributed by atoms with Crippen LogP contribution >= 0.6 is 11.8 Å². The van der Waals surface area contributed by atoms with Gasteiger partial charge in [0.15, 0.2) is 5.54 Å². The second kappa shape index (κ2) is 13.3. The third-order valence-electron chi connectivity index (χ3n) is 7.11. The average Bonchev–Trinajstić information content (AvgIpc) is 3.36. The van der Waals surface area contributed by atoms with E-state index in [0.29, 0.717) is 30.2 Å². The first-order chi connectivity index (χ1) is 18.5. The molecule has 1 fully saturated rings. The zero-order valence-corrected chi connectivity index (χ0v) is 23.1. The number of rotatable bonds is 13.